The van der Waals surface area contributed by atoms with Gasteiger partial charge in [-0.25, -0.2) is 0 Å². The zero-order valence-corrected chi connectivity index (χ0v) is 13.2. The van der Waals surface area contributed by atoms with Gasteiger partial charge in [0.15, 0.2) is 0 Å². The zero-order chi connectivity index (χ0) is 15.3. The van der Waals surface area contributed by atoms with Crippen molar-refractivity contribution in [1.29, 1.82) is 0 Å². The van der Waals surface area contributed by atoms with Gasteiger partial charge in [0.1, 0.15) is 11.5 Å². The highest BCUT2D eigenvalue weighted by molar-refractivity contribution is 5.61. The monoisotopic (exact) mass is 295 g/mol. The highest BCUT2D eigenvalue weighted by Crippen LogP contribution is 2.52. The Morgan fingerprint density at radius 3 is 2.82 bits per heavy atom. The Balaban J connectivity index is 1.83. The predicted octanol–water partition coefficient (Wildman–Crippen LogP) is 4.15. The third-order valence-electron chi connectivity index (χ3n) is 5.24. The van der Waals surface area contributed by atoms with Crippen LogP contribution in [0.25, 0.3) is 0 Å². The normalized spacial score (nSPS) is 24.1. The van der Waals surface area contributed by atoms with Gasteiger partial charge in [-0.3, -0.25) is 0 Å². The van der Waals surface area contributed by atoms with Crippen molar-refractivity contribution in [2.24, 2.45) is 5.92 Å². The molecule has 0 amide bonds. The number of anilines is 1. The van der Waals surface area contributed by atoms with Gasteiger partial charge in [0.25, 0.3) is 0 Å². The number of hydrogen-bond donors (Lipinski definition) is 1. The summed E-state index contributed by atoms with van der Waals surface area (Å²) in [4.78, 5) is 0. The van der Waals surface area contributed by atoms with Crippen LogP contribution in [0.4, 0.5) is 5.69 Å². The fraction of sp³-hybridized carbons (Fsp3) is 0.368. The van der Waals surface area contributed by atoms with Crippen LogP contribution in [0, 0.1) is 5.92 Å². The first-order valence-electron chi connectivity index (χ1n) is 7.78. The SMILES string of the molecule is COc1ccc2c(c1)OC[C@@H]1[C@H]2Nc2ccccc2C1(C)C. The maximum Gasteiger partial charge on any atom is 0.128 e. The van der Waals surface area contributed by atoms with E-state index in [1.807, 2.05) is 12.1 Å². The molecule has 2 atom stereocenters. The molecular weight excluding hydrogens is 274 g/mol. The lowest BCUT2D eigenvalue weighted by atomic mass is 9.65. The summed E-state index contributed by atoms with van der Waals surface area (Å²) >= 11 is 0. The Kier molecular flexibility index (Phi) is 2.86. The lowest BCUT2D eigenvalue weighted by Gasteiger charge is -2.48. The molecule has 0 saturated heterocycles. The van der Waals surface area contributed by atoms with E-state index < -0.39 is 0 Å². The molecule has 0 aromatic heterocycles. The molecule has 2 heterocycles. The van der Waals surface area contributed by atoms with Crippen LogP contribution < -0.4 is 14.8 Å². The Labute approximate surface area is 131 Å². The van der Waals surface area contributed by atoms with Crippen LogP contribution in [0.2, 0.25) is 0 Å². The van der Waals surface area contributed by atoms with Crippen LogP contribution in [0.5, 0.6) is 11.5 Å². The van der Waals surface area contributed by atoms with Gasteiger partial charge in [0.2, 0.25) is 0 Å². The first kappa shape index (κ1) is 13.5. The largest absolute Gasteiger partial charge is 0.497 e. The molecule has 2 aliphatic rings. The molecule has 2 aromatic rings. The van der Waals surface area contributed by atoms with E-state index >= 15 is 0 Å². The molecule has 2 aromatic carbocycles. The van der Waals surface area contributed by atoms with E-state index in [2.05, 4.69) is 49.5 Å². The molecule has 2 aliphatic heterocycles. The molecule has 4 rings (SSSR count). The van der Waals surface area contributed by atoms with Gasteiger partial charge in [-0.1, -0.05) is 32.0 Å². The van der Waals surface area contributed by atoms with E-state index in [4.69, 9.17) is 9.47 Å². The summed E-state index contributed by atoms with van der Waals surface area (Å²) in [6, 6.07) is 15.0. The van der Waals surface area contributed by atoms with E-state index in [1.54, 1.807) is 7.11 Å². The predicted molar refractivity (Wildman–Crippen MR) is 87.8 cm³/mol. The number of rotatable bonds is 1. The number of fused-ring (bicyclic) bond motifs is 4. The van der Waals surface area contributed by atoms with Crippen molar-refractivity contribution in [3.8, 4) is 11.5 Å². The minimum Gasteiger partial charge on any atom is -0.497 e. The molecule has 0 aliphatic carbocycles. The summed E-state index contributed by atoms with van der Waals surface area (Å²) in [7, 11) is 1.69. The van der Waals surface area contributed by atoms with Crippen LogP contribution in [0.1, 0.15) is 31.0 Å². The van der Waals surface area contributed by atoms with Crippen LogP contribution in [0.15, 0.2) is 42.5 Å². The van der Waals surface area contributed by atoms with E-state index in [1.165, 1.54) is 16.8 Å². The van der Waals surface area contributed by atoms with Crippen LogP contribution >= 0.6 is 0 Å². The molecule has 1 N–H and O–H groups in total. The molecule has 0 bridgehead atoms. The second kappa shape index (κ2) is 4.67. The molecule has 0 unspecified atom stereocenters. The second-order valence-corrected chi connectivity index (χ2v) is 6.71. The van der Waals surface area contributed by atoms with Gasteiger partial charge in [-0.05, 0) is 23.8 Å². The Hall–Kier alpha value is -2.16. The van der Waals surface area contributed by atoms with Crippen molar-refractivity contribution in [2.75, 3.05) is 19.0 Å². The summed E-state index contributed by atoms with van der Waals surface area (Å²) in [5.74, 6) is 2.18. The minimum atomic E-state index is 0.0735. The number of hydrogen-bond acceptors (Lipinski definition) is 3. The van der Waals surface area contributed by atoms with E-state index in [-0.39, 0.29) is 11.5 Å². The van der Waals surface area contributed by atoms with Crippen LogP contribution in [-0.4, -0.2) is 13.7 Å². The zero-order valence-electron chi connectivity index (χ0n) is 13.2. The molecule has 0 radical (unpaired) electrons. The smallest absolute Gasteiger partial charge is 0.128 e. The summed E-state index contributed by atoms with van der Waals surface area (Å²) in [5.41, 5.74) is 3.90. The second-order valence-electron chi connectivity index (χ2n) is 6.71. The molecule has 0 saturated carbocycles. The maximum atomic E-state index is 6.07. The maximum absolute atomic E-state index is 6.07. The number of ether oxygens (including phenoxy) is 2. The lowest BCUT2D eigenvalue weighted by molar-refractivity contribution is 0.135. The van der Waals surface area contributed by atoms with E-state index in [0.717, 1.165) is 18.1 Å². The fourth-order valence-corrected chi connectivity index (χ4v) is 3.86. The number of methoxy groups -OCH3 is 1. The van der Waals surface area contributed by atoms with Crippen molar-refractivity contribution in [1.82, 2.24) is 0 Å². The van der Waals surface area contributed by atoms with Crippen molar-refractivity contribution in [2.45, 2.75) is 25.3 Å². The minimum absolute atomic E-state index is 0.0735. The lowest BCUT2D eigenvalue weighted by Crippen LogP contribution is -2.46. The molecule has 0 fully saturated rings. The van der Waals surface area contributed by atoms with Gasteiger partial charge in [0, 0.05) is 28.7 Å². The summed E-state index contributed by atoms with van der Waals surface area (Å²) < 4.78 is 11.4. The third kappa shape index (κ3) is 1.81. The highest BCUT2D eigenvalue weighted by atomic mass is 16.5. The van der Waals surface area contributed by atoms with Gasteiger partial charge in [0.05, 0.1) is 19.8 Å². The topological polar surface area (TPSA) is 30.5 Å². The van der Waals surface area contributed by atoms with Crippen LogP contribution in [-0.2, 0) is 5.41 Å². The Morgan fingerprint density at radius 1 is 1.18 bits per heavy atom. The van der Waals surface area contributed by atoms with E-state index in [9.17, 15) is 0 Å². The molecule has 22 heavy (non-hydrogen) atoms. The van der Waals surface area contributed by atoms with Gasteiger partial charge in [-0.15, -0.1) is 0 Å². The van der Waals surface area contributed by atoms with Crippen molar-refractivity contribution < 1.29 is 9.47 Å². The van der Waals surface area contributed by atoms with Gasteiger partial charge in [-0.2, -0.15) is 0 Å². The standard InChI is InChI=1S/C19H21NO2/c1-19(2)14-6-4-5-7-16(14)20-18-13-9-8-12(21-3)10-17(13)22-11-15(18)19/h4-10,15,18,20H,11H2,1-3H3/t15-,18+/m1/s1. The quantitative estimate of drug-likeness (QED) is 0.857. The van der Waals surface area contributed by atoms with Gasteiger partial charge < -0.3 is 14.8 Å². The van der Waals surface area contributed by atoms with Crippen molar-refractivity contribution >= 4 is 5.69 Å². The Morgan fingerprint density at radius 2 is 2.00 bits per heavy atom. The van der Waals surface area contributed by atoms with Crippen molar-refractivity contribution in [3.63, 3.8) is 0 Å². The number of benzene rings is 2. The first-order chi connectivity index (χ1) is 10.6. The summed E-state index contributed by atoms with van der Waals surface area (Å²) in [6.07, 6.45) is 0. The average Bonchev–Trinajstić information content (AvgIpc) is 2.54. The summed E-state index contributed by atoms with van der Waals surface area (Å²) in [5, 5.41) is 3.73. The Bertz CT molecular complexity index is 723. The average molecular weight is 295 g/mol. The van der Waals surface area contributed by atoms with Crippen LogP contribution in [0.3, 0.4) is 0 Å². The first-order valence-corrected chi connectivity index (χ1v) is 7.78. The summed E-state index contributed by atoms with van der Waals surface area (Å²) in [6.45, 7) is 5.36. The molecule has 3 nitrogen and oxygen atoms in total. The molecule has 0 spiro atoms. The van der Waals surface area contributed by atoms with Gasteiger partial charge >= 0.3 is 0 Å². The number of nitrogens with one attached hydrogen (secondary N) is 1. The molecular formula is C19H21NO2. The molecule has 114 valence electrons. The number of para-hydroxylation sites is 1. The van der Waals surface area contributed by atoms with E-state index in [0.29, 0.717) is 5.92 Å². The molecule has 3 heteroatoms. The van der Waals surface area contributed by atoms with Crippen molar-refractivity contribution in [3.05, 3.63) is 53.6 Å². The highest BCUT2D eigenvalue weighted by Gasteiger charge is 2.46. The third-order valence-corrected chi connectivity index (χ3v) is 5.24. The fourth-order valence-electron chi connectivity index (χ4n) is 3.86.